The fourth-order valence-electron chi connectivity index (χ4n) is 2.33. The van der Waals surface area contributed by atoms with Crippen molar-refractivity contribution in [1.29, 1.82) is 0 Å². The molecule has 0 aliphatic rings. The van der Waals surface area contributed by atoms with E-state index in [0.717, 1.165) is 17.5 Å². The van der Waals surface area contributed by atoms with Crippen LogP contribution in [0.3, 0.4) is 0 Å². The third-order valence-electron chi connectivity index (χ3n) is 3.72. The van der Waals surface area contributed by atoms with E-state index in [1.165, 1.54) is 0 Å². The molecule has 0 N–H and O–H groups in total. The van der Waals surface area contributed by atoms with Crippen LogP contribution in [-0.4, -0.2) is 31.6 Å². The van der Waals surface area contributed by atoms with Gasteiger partial charge in [0, 0.05) is 18.6 Å². The maximum Gasteiger partial charge on any atom is 0.260 e. The SMILES string of the molecule is C=CCc1ccc(OCC(=O)N(C)Cc2ccc(Cl)cc2)c(OC)c1. The van der Waals surface area contributed by atoms with Crippen LogP contribution in [0.4, 0.5) is 0 Å². The number of ether oxygens (including phenoxy) is 2. The number of amides is 1. The van der Waals surface area contributed by atoms with Crippen molar-refractivity contribution in [3.8, 4) is 11.5 Å². The number of allylic oxidation sites excluding steroid dienone is 1. The van der Waals surface area contributed by atoms with Crippen molar-refractivity contribution in [2.75, 3.05) is 20.8 Å². The Morgan fingerprint density at radius 1 is 1.16 bits per heavy atom. The number of likely N-dealkylation sites (N-methyl/N-ethyl adjacent to an activating group) is 1. The summed E-state index contributed by atoms with van der Waals surface area (Å²) < 4.78 is 11.0. The van der Waals surface area contributed by atoms with Gasteiger partial charge in [-0.25, -0.2) is 0 Å². The lowest BCUT2D eigenvalue weighted by atomic mass is 10.1. The number of hydrogen-bond acceptors (Lipinski definition) is 3. The predicted molar refractivity (Wildman–Crippen MR) is 100 cm³/mol. The van der Waals surface area contributed by atoms with Crippen LogP contribution in [0.5, 0.6) is 11.5 Å². The van der Waals surface area contributed by atoms with E-state index >= 15 is 0 Å². The molecule has 4 nitrogen and oxygen atoms in total. The molecule has 2 aromatic carbocycles. The Kier molecular flexibility index (Phi) is 6.90. The van der Waals surface area contributed by atoms with Crippen LogP contribution in [0.2, 0.25) is 5.02 Å². The molecule has 0 unspecified atom stereocenters. The van der Waals surface area contributed by atoms with E-state index in [9.17, 15) is 4.79 Å². The third kappa shape index (κ3) is 5.54. The van der Waals surface area contributed by atoms with E-state index in [1.807, 2.05) is 36.4 Å². The number of carbonyl (C=O) groups excluding carboxylic acids is 1. The molecule has 0 aliphatic carbocycles. The highest BCUT2D eigenvalue weighted by Gasteiger charge is 2.12. The van der Waals surface area contributed by atoms with Gasteiger partial charge in [-0.3, -0.25) is 4.79 Å². The third-order valence-corrected chi connectivity index (χ3v) is 3.97. The molecule has 0 saturated heterocycles. The zero-order chi connectivity index (χ0) is 18.2. The smallest absolute Gasteiger partial charge is 0.260 e. The van der Waals surface area contributed by atoms with Crippen LogP contribution in [0, 0.1) is 0 Å². The van der Waals surface area contributed by atoms with Gasteiger partial charge in [0.15, 0.2) is 18.1 Å². The number of hydrogen-bond donors (Lipinski definition) is 0. The molecule has 0 spiro atoms. The molecule has 132 valence electrons. The molecule has 0 saturated carbocycles. The molecule has 25 heavy (non-hydrogen) atoms. The molecular formula is C20H22ClNO3. The van der Waals surface area contributed by atoms with Gasteiger partial charge in [0.1, 0.15) is 0 Å². The van der Waals surface area contributed by atoms with Gasteiger partial charge in [-0.05, 0) is 41.8 Å². The van der Waals surface area contributed by atoms with E-state index in [0.29, 0.717) is 23.1 Å². The second kappa shape index (κ2) is 9.14. The molecule has 2 aromatic rings. The lowest BCUT2D eigenvalue weighted by Crippen LogP contribution is -2.31. The molecule has 0 fully saturated rings. The first kappa shape index (κ1) is 18.9. The van der Waals surface area contributed by atoms with Gasteiger partial charge in [0.05, 0.1) is 7.11 Å². The number of rotatable bonds is 8. The van der Waals surface area contributed by atoms with E-state index in [4.69, 9.17) is 21.1 Å². The number of halogens is 1. The summed E-state index contributed by atoms with van der Waals surface area (Å²) in [5.41, 5.74) is 2.08. The van der Waals surface area contributed by atoms with E-state index in [1.54, 1.807) is 31.2 Å². The van der Waals surface area contributed by atoms with E-state index < -0.39 is 0 Å². The summed E-state index contributed by atoms with van der Waals surface area (Å²) in [6, 6.07) is 13.0. The molecule has 1 amide bonds. The lowest BCUT2D eigenvalue weighted by molar-refractivity contribution is -0.132. The first-order valence-electron chi connectivity index (χ1n) is 7.92. The monoisotopic (exact) mass is 359 g/mol. The van der Waals surface area contributed by atoms with Crippen LogP contribution in [0.15, 0.2) is 55.1 Å². The zero-order valence-corrected chi connectivity index (χ0v) is 15.3. The second-order valence-corrected chi connectivity index (χ2v) is 6.08. The Balaban J connectivity index is 1.94. The molecule has 0 aliphatic heterocycles. The van der Waals surface area contributed by atoms with Gasteiger partial charge in [-0.1, -0.05) is 35.9 Å². The lowest BCUT2D eigenvalue weighted by Gasteiger charge is -2.18. The van der Waals surface area contributed by atoms with Gasteiger partial charge in [-0.2, -0.15) is 0 Å². The van der Waals surface area contributed by atoms with Crippen LogP contribution in [-0.2, 0) is 17.8 Å². The van der Waals surface area contributed by atoms with Crippen molar-refractivity contribution in [2.45, 2.75) is 13.0 Å². The molecular weight excluding hydrogens is 338 g/mol. The fraction of sp³-hybridized carbons (Fsp3) is 0.250. The van der Waals surface area contributed by atoms with E-state index in [2.05, 4.69) is 6.58 Å². The maximum absolute atomic E-state index is 12.3. The Hall–Kier alpha value is -2.46. The summed E-state index contributed by atoms with van der Waals surface area (Å²) in [6.07, 6.45) is 2.57. The standard InChI is InChI=1S/C20H22ClNO3/c1-4-5-15-8-11-18(19(12-15)24-3)25-14-20(23)22(2)13-16-6-9-17(21)10-7-16/h4,6-12H,1,5,13-14H2,2-3H3. The summed E-state index contributed by atoms with van der Waals surface area (Å²) in [5, 5.41) is 0.674. The van der Waals surface area contributed by atoms with Crippen LogP contribution < -0.4 is 9.47 Å². The number of benzene rings is 2. The van der Waals surface area contributed by atoms with Gasteiger partial charge in [0.25, 0.3) is 5.91 Å². The largest absolute Gasteiger partial charge is 0.493 e. The highest BCUT2D eigenvalue weighted by Crippen LogP contribution is 2.28. The highest BCUT2D eigenvalue weighted by atomic mass is 35.5. The van der Waals surface area contributed by atoms with Crippen LogP contribution >= 0.6 is 11.6 Å². The molecule has 5 heteroatoms. The summed E-state index contributed by atoms with van der Waals surface area (Å²) >= 11 is 5.87. The van der Waals surface area contributed by atoms with Gasteiger partial charge in [-0.15, -0.1) is 6.58 Å². The second-order valence-electron chi connectivity index (χ2n) is 5.64. The molecule has 0 bridgehead atoms. The minimum atomic E-state index is -0.118. The Morgan fingerprint density at radius 2 is 1.84 bits per heavy atom. The summed E-state index contributed by atoms with van der Waals surface area (Å²) in [4.78, 5) is 13.9. The van der Waals surface area contributed by atoms with Gasteiger partial charge in [0.2, 0.25) is 0 Å². The minimum absolute atomic E-state index is 0.0543. The molecule has 0 heterocycles. The first-order chi connectivity index (χ1) is 12.0. The topological polar surface area (TPSA) is 38.8 Å². The predicted octanol–water partition coefficient (Wildman–Crippen LogP) is 4.11. The van der Waals surface area contributed by atoms with Crippen molar-refractivity contribution < 1.29 is 14.3 Å². The van der Waals surface area contributed by atoms with Crippen molar-refractivity contribution >= 4 is 17.5 Å². The molecule has 0 radical (unpaired) electrons. The molecule has 2 rings (SSSR count). The van der Waals surface area contributed by atoms with Crippen LogP contribution in [0.25, 0.3) is 0 Å². The molecule has 0 atom stereocenters. The Bertz CT molecular complexity index is 728. The van der Waals surface area contributed by atoms with Crippen LogP contribution in [0.1, 0.15) is 11.1 Å². The first-order valence-corrected chi connectivity index (χ1v) is 8.30. The number of carbonyl (C=O) groups is 1. The average molecular weight is 360 g/mol. The Labute approximate surface area is 153 Å². The van der Waals surface area contributed by atoms with Gasteiger partial charge >= 0.3 is 0 Å². The summed E-state index contributed by atoms with van der Waals surface area (Å²) in [6.45, 7) is 4.16. The van der Waals surface area contributed by atoms with Crippen molar-refractivity contribution in [2.24, 2.45) is 0 Å². The van der Waals surface area contributed by atoms with Crippen molar-refractivity contribution in [1.82, 2.24) is 4.90 Å². The number of methoxy groups -OCH3 is 1. The average Bonchev–Trinajstić information content (AvgIpc) is 2.62. The number of nitrogens with zero attached hydrogens (tertiary/aromatic N) is 1. The van der Waals surface area contributed by atoms with E-state index in [-0.39, 0.29) is 12.5 Å². The van der Waals surface area contributed by atoms with Crippen molar-refractivity contribution in [3.63, 3.8) is 0 Å². The zero-order valence-electron chi connectivity index (χ0n) is 14.5. The molecule has 0 aromatic heterocycles. The Morgan fingerprint density at radius 3 is 2.48 bits per heavy atom. The highest BCUT2D eigenvalue weighted by molar-refractivity contribution is 6.30. The normalized spacial score (nSPS) is 10.2. The maximum atomic E-state index is 12.3. The summed E-state index contributed by atoms with van der Waals surface area (Å²) in [7, 11) is 3.32. The van der Waals surface area contributed by atoms with Gasteiger partial charge < -0.3 is 14.4 Å². The quantitative estimate of drug-likeness (QED) is 0.666. The minimum Gasteiger partial charge on any atom is -0.493 e. The van der Waals surface area contributed by atoms with Crippen molar-refractivity contribution in [3.05, 3.63) is 71.3 Å². The summed E-state index contributed by atoms with van der Waals surface area (Å²) in [5.74, 6) is 1.03. The fourth-order valence-corrected chi connectivity index (χ4v) is 2.45.